The Morgan fingerprint density at radius 1 is 2.00 bits per heavy atom. The molecule has 0 saturated carbocycles. The summed E-state index contributed by atoms with van der Waals surface area (Å²) in [6, 6.07) is 0. The molecule has 0 heterocycles. The van der Waals surface area contributed by atoms with Crippen molar-refractivity contribution in [2.45, 2.75) is 0 Å². The van der Waals surface area contributed by atoms with Gasteiger partial charge in [0, 0.05) is 0 Å². The van der Waals surface area contributed by atoms with Crippen LogP contribution in [0.4, 0.5) is 0 Å². The fraction of sp³-hybridized carbons (Fsp3) is 0.250. The Hall–Kier alpha value is 0.180. The first-order valence-electron chi connectivity index (χ1n) is 1.51. The summed E-state index contributed by atoms with van der Waals surface area (Å²) in [5.74, 6) is 0. The zero-order chi connectivity index (χ0) is 4.99. The summed E-state index contributed by atoms with van der Waals surface area (Å²) < 4.78 is 0.856. The zero-order valence-corrected chi connectivity index (χ0v) is 5.23. The van der Waals surface area contributed by atoms with Crippen LogP contribution in [0.3, 0.4) is 0 Å². The highest BCUT2D eigenvalue weighted by molar-refractivity contribution is 8.23. The van der Waals surface area contributed by atoms with Gasteiger partial charge in [-0.25, -0.2) is 0 Å². The molecule has 0 aliphatic heterocycles. The van der Waals surface area contributed by atoms with Gasteiger partial charge in [0.05, 0.1) is 4.20 Å². The van der Waals surface area contributed by atoms with E-state index in [9.17, 15) is 0 Å². The molecule has 34 valence electrons. The summed E-state index contributed by atoms with van der Waals surface area (Å²) in [6.45, 7) is 3.47. The van der Waals surface area contributed by atoms with E-state index in [-0.39, 0.29) is 0 Å². The lowest BCUT2D eigenvalue weighted by molar-refractivity contribution is 2.47. The normalized spacial score (nSPS) is 7.50. The third-order valence-electron chi connectivity index (χ3n) is 0.368. The van der Waals surface area contributed by atoms with E-state index in [1.54, 1.807) is 6.08 Å². The number of rotatable bonds is 1. The molecule has 6 heavy (non-hydrogen) atoms. The van der Waals surface area contributed by atoms with Gasteiger partial charge < -0.3 is 0 Å². The Labute approximate surface area is 47.6 Å². The van der Waals surface area contributed by atoms with Crippen LogP contribution in [-0.2, 0) is 0 Å². The van der Waals surface area contributed by atoms with Gasteiger partial charge in [-0.15, -0.1) is 11.8 Å². The van der Waals surface area contributed by atoms with Crippen LogP contribution in [0, 0.1) is 0 Å². The molecule has 0 rings (SSSR count). The molecule has 0 unspecified atom stereocenters. The second-order valence-electron chi connectivity index (χ2n) is 0.727. The van der Waals surface area contributed by atoms with E-state index in [0.717, 1.165) is 4.20 Å². The highest BCUT2D eigenvalue weighted by atomic mass is 32.2. The summed E-state index contributed by atoms with van der Waals surface area (Å²) in [5, 5.41) is 0. The molecule has 0 saturated heterocycles. The van der Waals surface area contributed by atoms with Crippen LogP contribution in [0.5, 0.6) is 0 Å². The van der Waals surface area contributed by atoms with Gasteiger partial charge in [-0.05, 0) is 12.3 Å². The second-order valence-corrected chi connectivity index (χ2v) is 2.27. The van der Waals surface area contributed by atoms with Crippen molar-refractivity contribution in [3.05, 3.63) is 12.7 Å². The molecule has 0 aliphatic carbocycles. The monoisotopic (exact) mass is 118 g/mol. The zero-order valence-electron chi connectivity index (χ0n) is 3.60. The van der Waals surface area contributed by atoms with E-state index >= 15 is 0 Å². The minimum atomic E-state index is 0.856. The van der Waals surface area contributed by atoms with E-state index < -0.39 is 0 Å². The Balaban J connectivity index is 3.23. The van der Waals surface area contributed by atoms with Gasteiger partial charge >= 0.3 is 0 Å². The fourth-order valence-electron chi connectivity index (χ4n) is 0.0833. The molecule has 0 aliphatic rings. The molecule has 0 aromatic carbocycles. The van der Waals surface area contributed by atoms with E-state index in [4.69, 9.17) is 12.2 Å². The predicted octanol–water partition coefficient (Wildman–Crippen LogP) is 1.86. The van der Waals surface area contributed by atoms with E-state index in [1.807, 2.05) is 6.26 Å². The van der Waals surface area contributed by atoms with Crippen LogP contribution in [0.25, 0.3) is 0 Å². The summed E-state index contributed by atoms with van der Waals surface area (Å²) >= 11 is 6.24. The smallest absolute Gasteiger partial charge is 0.0697 e. The van der Waals surface area contributed by atoms with Crippen LogP contribution < -0.4 is 0 Å². The van der Waals surface area contributed by atoms with E-state index in [1.165, 1.54) is 11.8 Å². The Morgan fingerprint density at radius 2 is 2.50 bits per heavy atom. The SMILES string of the molecule is C=CC(=S)SC. The third kappa shape index (κ3) is 2.42. The van der Waals surface area contributed by atoms with Crippen LogP contribution in [0.1, 0.15) is 0 Å². The lowest BCUT2D eigenvalue weighted by Crippen LogP contribution is -1.71. The van der Waals surface area contributed by atoms with Crippen LogP contribution in [0.15, 0.2) is 12.7 Å². The first kappa shape index (κ1) is 6.18. The molecule has 2 heteroatoms. The number of thiocarbonyl (C=S) groups is 1. The second kappa shape index (κ2) is 3.37. The first-order chi connectivity index (χ1) is 2.81. The third-order valence-corrected chi connectivity index (χ3v) is 1.60. The lowest BCUT2D eigenvalue weighted by Gasteiger charge is -1.80. The van der Waals surface area contributed by atoms with Gasteiger partial charge in [0.2, 0.25) is 0 Å². The molecule has 0 spiro atoms. The van der Waals surface area contributed by atoms with Crippen LogP contribution in [0.2, 0.25) is 0 Å². The molecule has 0 radical (unpaired) electrons. The van der Waals surface area contributed by atoms with Gasteiger partial charge in [-0.2, -0.15) is 0 Å². The molecule has 0 fully saturated rings. The highest BCUT2D eigenvalue weighted by Gasteiger charge is 1.76. The van der Waals surface area contributed by atoms with Crippen molar-refractivity contribution in [1.82, 2.24) is 0 Å². The van der Waals surface area contributed by atoms with E-state index in [0.29, 0.717) is 0 Å². The molecule has 0 N–H and O–H groups in total. The molecule has 0 aromatic rings. The molecular weight excluding hydrogens is 112 g/mol. The van der Waals surface area contributed by atoms with Crippen molar-refractivity contribution < 1.29 is 0 Å². The molecular formula is C4H6S2. The van der Waals surface area contributed by atoms with Crippen molar-refractivity contribution in [2.75, 3.05) is 6.26 Å². The van der Waals surface area contributed by atoms with Crippen molar-refractivity contribution >= 4 is 28.2 Å². The number of thioether (sulfide) groups is 1. The predicted molar refractivity (Wildman–Crippen MR) is 36.3 cm³/mol. The molecule has 0 amide bonds. The molecule has 0 atom stereocenters. The number of hydrogen-bond donors (Lipinski definition) is 0. The number of hydrogen-bond acceptors (Lipinski definition) is 2. The maximum Gasteiger partial charge on any atom is 0.0697 e. The summed E-state index contributed by atoms with van der Waals surface area (Å²) in [7, 11) is 0. The van der Waals surface area contributed by atoms with Gasteiger partial charge in [0.15, 0.2) is 0 Å². The van der Waals surface area contributed by atoms with Gasteiger partial charge in [0.25, 0.3) is 0 Å². The van der Waals surface area contributed by atoms with Crippen LogP contribution >= 0.6 is 24.0 Å². The molecule has 0 aromatic heterocycles. The topological polar surface area (TPSA) is 0 Å². The minimum Gasteiger partial charge on any atom is -0.118 e. The van der Waals surface area contributed by atoms with Crippen molar-refractivity contribution in [2.24, 2.45) is 0 Å². The molecule has 0 nitrogen and oxygen atoms in total. The summed E-state index contributed by atoms with van der Waals surface area (Å²) in [5.41, 5.74) is 0. The minimum absolute atomic E-state index is 0.856. The highest BCUT2D eigenvalue weighted by Crippen LogP contribution is 1.95. The standard InChI is InChI=1S/C4H6S2/c1-3-4(5)6-2/h3H,1H2,2H3. The fourth-order valence-corrected chi connectivity index (χ4v) is 0.250. The quantitative estimate of drug-likeness (QED) is 0.381. The average molecular weight is 118 g/mol. The summed E-state index contributed by atoms with van der Waals surface area (Å²) in [4.78, 5) is 0. The maximum absolute atomic E-state index is 4.70. The van der Waals surface area contributed by atoms with Crippen LogP contribution in [-0.4, -0.2) is 10.5 Å². The first-order valence-corrected chi connectivity index (χ1v) is 3.15. The molecule has 0 bridgehead atoms. The van der Waals surface area contributed by atoms with Gasteiger partial charge in [-0.1, -0.05) is 18.8 Å². The maximum atomic E-state index is 4.70. The van der Waals surface area contributed by atoms with Crippen molar-refractivity contribution in [3.8, 4) is 0 Å². The van der Waals surface area contributed by atoms with Gasteiger partial charge in [-0.3, -0.25) is 0 Å². The Bertz CT molecular complexity index is 65.9. The van der Waals surface area contributed by atoms with Crippen molar-refractivity contribution in [1.29, 1.82) is 0 Å². The lowest BCUT2D eigenvalue weighted by atomic mass is 10.8. The largest absolute Gasteiger partial charge is 0.118 e. The van der Waals surface area contributed by atoms with E-state index in [2.05, 4.69) is 6.58 Å². The van der Waals surface area contributed by atoms with Crippen molar-refractivity contribution in [3.63, 3.8) is 0 Å². The summed E-state index contributed by atoms with van der Waals surface area (Å²) in [6.07, 6.45) is 3.60. The Kier molecular flexibility index (Phi) is 3.47. The van der Waals surface area contributed by atoms with Gasteiger partial charge in [0.1, 0.15) is 0 Å². The Morgan fingerprint density at radius 3 is 2.50 bits per heavy atom. The average Bonchev–Trinajstić information content (AvgIpc) is 1.65.